The van der Waals surface area contributed by atoms with E-state index in [1.807, 2.05) is 31.2 Å². The number of hydrogen-bond donors (Lipinski definition) is 1. The zero-order valence-electron chi connectivity index (χ0n) is 11.6. The molecule has 1 aliphatic carbocycles. The molecule has 1 saturated carbocycles. The summed E-state index contributed by atoms with van der Waals surface area (Å²) in [5, 5.41) is 3.57. The lowest BCUT2D eigenvalue weighted by atomic mass is 10.1. The van der Waals surface area contributed by atoms with Crippen molar-refractivity contribution in [1.82, 2.24) is 5.32 Å². The van der Waals surface area contributed by atoms with E-state index < -0.39 is 0 Å². The maximum atomic E-state index is 12.3. The van der Waals surface area contributed by atoms with E-state index >= 15 is 0 Å². The van der Waals surface area contributed by atoms with Crippen LogP contribution in [0.1, 0.15) is 33.8 Å². The van der Waals surface area contributed by atoms with Crippen LogP contribution in [0.25, 0.3) is 0 Å². The highest BCUT2D eigenvalue weighted by Crippen LogP contribution is 2.41. The molecule has 0 saturated heterocycles. The van der Waals surface area contributed by atoms with E-state index in [0.717, 1.165) is 16.5 Å². The lowest BCUT2D eigenvalue weighted by molar-refractivity contribution is 0.0950. The van der Waals surface area contributed by atoms with Gasteiger partial charge in [-0.05, 0) is 48.7 Å². The Morgan fingerprint density at radius 1 is 1.24 bits per heavy atom. The largest absolute Gasteiger partial charge is 0.349 e. The first-order chi connectivity index (χ1) is 10.0. The van der Waals surface area contributed by atoms with E-state index in [1.54, 1.807) is 6.07 Å². The highest BCUT2D eigenvalue weighted by Gasteiger charge is 2.39. The molecule has 1 N–H and O–H groups in total. The van der Waals surface area contributed by atoms with Crippen molar-refractivity contribution in [3.05, 3.63) is 68.7 Å². The van der Waals surface area contributed by atoms with Gasteiger partial charge in [0, 0.05) is 16.4 Å². The van der Waals surface area contributed by atoms with Crippen LogP contribution >= 0.6 is 27.5 Å². The van der Waals surface area contributed by atoms with Crippen molar-refractivity contribution in [3.63, 3.8) is 0 Å². The number of carbonyl (C=O) groups is 1. The molecule has 2 nitrogen and oxygen atoms in total. The fraction of sp³-hybridized carbons (Fsp3) is 0.235. The van der Waals surface area contributed by atoms with Crippen molar-refractivity contribution >= 4 is 33.4 Å². The van der Waals surface area contributed by atoms with Crippen LogP contribution in [0.15, 0.2) is 46.9 Å². The minimum absolute atomic E-state index is 0.0930. The van der Waals surface area contributed by atoms with Gasteiger partial charge in [0.05, 0.1) is 10.6 Å². The first-order valence-electron chi connectivity index (χ1n) is 6.87. The summed E-state index contributed by atoms with van der Waals surface area (Å²) in [5.41, 5.74) is 2.86. The SMILES string of the molecule is Cc1ccc(C(=O)N[C@@H]2C[C@H]2c2ccc(Br)cc2)c(Cl)c1. The van der Waals surface area contributed by atoms with Crippen molar-refractivity contribution < 1.29 is 4.79 Å². The van der Waals surface area contributed by atoms with Crippen LogP contribution in [0.3, 0.4) is 0 Å². The summed E-state index contributed by atoms with van der Waals surface area (Å²) < 4.78 is 1.07. The molecule has 2 aromatic carbocycles. The molecule has 4 heteroatoms. The smallest absolute Gasteiger partial charge is 0.253 e. The predicted octanol–water partition coefficient (Wildman–Crippen LogP) is 4.70. The van der Waals surface area contributed by atoms with Gasteiger partial charge in [0.1, 0.15) is 0 Å². The number of halogens is 2. The minimum atomic E-state index is -0.0930. The number of aryl methyl sites for hydroxylation is 1. The average Bonchev–Trinajstić information content (AvgIpc) is 3.18. The zero-order valence-corrected chi connectivity index (χ0v) is 13.9. The summed E-state index contributed by atoms with van der Waals surface area (Å²) in [4.78, 5) is 12.3. The van der Waals surface area contributed by atoms with Crippen LogP contribution in [0, 0.1) is 6.92 Å². The van der Waals surface area contributed by atoms with E-state index in [0.29, 0.717) is 16.5 Å². The zero-order chi connectivity index (χ0) is 15.0. The molecule has 2 atom stereocenters. The van der Waals surface area contributed by atoms with Crippen LogP contribution < -0.4 is 5.32 Å². The first-order valence-corrected chi connectivity index (χ1v) is 8.04. The van der Waals surface area contributed by atoms with Crippen molar-refractivity contribution in [2.75, 3.05) is 0 Å². The Morgan fingerprint density at radius 3 is 2.62 bits per heavy atom. The van der Waals surface area contributed by atoms with Gasteiger partial charge in [-0.15, -0.1) is 0 Å². The molecule has 0 radical (unpaired) electrons. The summed E-state index contributed by atoms with van der Waals surface area (Å²) in [7, 11) is 0. The van der Waals surface area contributed by atoms with Crippen LogP contribution in [-0.2, 0) is 0 Å². The van der Waals surface area contributed by atoms with Crippen LogP contribution in [-0.4, -0.2) is 11.9 Å². The monoisotopic (exact) mass is 363 g/mol. The molecule has 1 aliphatic rings. The van der Waals surface area contributed by atoms with E-state index in [4.69, 9.17) is 11.6 Å². The topological polar surface area (TPSA) is 29.1 Å². The van der Waals surface area contributed by atoms with Gasteiger partial charge in [0.25, 0.3) is 5.91 Å². The molecule has 108 valence electrons. The molecule has 1 amide bonds. The van der Waals surface area contributed by atoms with Gasteiger partial charge in [-0.3, -0.25) is 4.79 Å². The maximum absolute atomic E-state index is 12.3. The van der Waals surface area contributed by atoms with Gasteiger partial charge in [-0.1, -0.05) is 45.7 Å². The first kappa shape index (κ1) is 14.6. The fourth-order valence-corrected chi connectivity index (χ4v) is 3.07. The fourth-order valence-electron chi connectivity index (χ4n) is 2.48. The minimum Gasteiger partial charge on any atom is -0.349 e. The Kier molecular flexibility index (Phi) is 4.05. The lowest BCUT2D eigenvalue weighted by Crippen LogP contribution is -2.26. The van der Waals surface area contributed by atoms with Crippen LogP contribution in [0.4, 0.5) is 0 Å². The van der Waals surface area contributed by atoms with Crippen molar-refractivity contribution in [1.29, 1.82) is 0 Å². The van der Waals surface area contributed by atoms with E-state index in [2.05, 4.69) is 33.4 Å². The standard InChI is InChI=1S/C17H15BrClNO/c1-10-2-7-13(15(19)8-10)17(21)20-16-9-14(16)11-3-5-12(18)6-4-11/h2-8,14,16H,9H2,1H3,(H,20,21)/t14-,16+/m0/s1. The highest BCUT2D eigenvalue weighted by molar-refractivity contribution is 9.10. The summed E-state index contributed by atoms with van der Waals surface area (Å²) in [6, 6.07) is 14.0. The molecular formula is C17H15BrClNO. The molecule has 1 fully saturated rings. The third kappa shape index (κ3) is 3.30. The average molecular weight is 365 g/mol. The number of nitrogens with one attached hydrogen (secondary N) is 1. The molecular weight excluding hydrogens is 350 g/mol. The maximum Gasteiger partial charge on any atom is 0.253 e. The van der Waals surface area contributed by atoms with Crippen molar-refractivity contribution in [2.45, 2.75) is 25.3 Å². The number of rotatable bonds is 3. The second-order valence-corrected chi connectivity index (χ2v) is 6.78. The Bertz CT molecular complexity index is 684. The van der Waals surface area contributed by atoms with Crippen LogP contribution in [0.2, 0.25) is 5.02 Å². The molecule has 2 aromatic rings. The molecule has 0 aromatic heterocycles. The van der Waals surface area contributed by atoms with Gasteiger partial charge in [-0.25, -0.2) is 0 Å². The number of benzene rings is 2. The number of amides is 1. The summed E-state index contributed by atoms with van der Waals surface area (Å²) >= 11 is 9.56. The molecule has 0 aliphatic heterocycles. The summed E-state index contributed by atoms with van der Waals surface area (Å²) in [6.45, 7) is 1.96. The molecule has 0 heterocycles. The quantitative estimate of drug-likeness (QED) is 0.840. The Labute approximate surface area is 137 Å². The number of carbonyl (C=O) groups excluding carboxylic acids is 1. The molecule has 0 unspecified atom stereocenters. The van der Waals surface area contributed by atoms with Gasteiger partial charge < -0.3 is 5.32 Å². The normalized spacial score (nSPS) is 20.1. The predicted molar refractivity (Wildman–Crippen MR) is 88.9 cm³/mol. The van der Waals surface area contributed by atoms with Gasteiger partial charge >= 0.3 is 0 Å². The van der Waals surface area contributed by atoms with Gasteiger partial charge in [0.2, 0.25) is 0 Å². The second-order valence-electron chi connectivity index (χ2n) is 5.46. The molecule has 0 bridgehead atoms. The van der Waals surface area contributed by atoms with E-state index in [-0.39, 0.29) is 11.9 Å². The Balaban J connectivity index is 1.66. The summed E-state index contributed by atoms with van der Waals surface area (Å²) in [6.07, 6.45) is 0.983. The third-order valence-corrected chi connectivity index (χ3v) is 4.62. The van der Waals surface area contributed by atoms with Crippen molar-refractivity contribution in [3.8, 4) is 0 Å². The lowest BCUT2D eigenvalue weighted by Gasteiger charge is -2.07. The highest BCUT2D eigenvalue weighted by atomic mass is 79.9. The Morgan fingerprint density at radius 2 is 1.95 bits per heavy atom. The third-order valence-electron chi connectivity index (χ3n) is 3.77. The van der Waals surface area contributed by atoms with Gasteiger partial charge in [-0.2, -0.15) is 0 Å². The van der Waals surface area contributed by atoms with Gasteiger partial charge in [0.15, 0.2) is 0 Å². The molecule has 21 heavy (non-hydrogen) atoms. The van der Waals surface area contributed by atoms with Crippen LogP contribution in [0.5, 0.6) is 0 Å². The number of hydrogen-bond acceptors (Lipinski definition) is 1. The van der Waals surface area contributed by atoms with E-state index in [9.17, 15) is 4.79 Å². The van der Waals surface area contributed by atoms with E-state index in [1.165, 1.54) is 5.56 Å². The van der Waals surface area contributed by atoms with Crippen molar-refractivity contribution in [2.24, 2.45) is 0 Å². The summed E-state index contributed by atoms with van der Waals surface area (Å²) in [5.74, 6) is 0.316. The second kappa shape index (κ2) is 5.82. The molecule has 0 spiro atoms. The molecule has 3 rings (SSSR count). The Hall–Kier alpha value is -1.32.